The van der Waals surface area contributed by atoms with Gasteiger partial charge in [-0.3, -0.25) is 10.1 Å². The molecule has 2 rings (SSSR count). The summed E-state index contributed by atoms with van der Waals surface area (Å²) in [5.74, 6) is 0.0280. The Morgan fingerprint density at radius 1 is 1.40 bits per heavy atom. The minimum atomic E-state index is -0.636. The molecule has 20 heavy (non-hydrogen) atoms. The number of hydrogen-bond acceptors (Lipinski definition) is 3. The van der Waals surface area contributed by atoms with Crippen molar-refractivity contribution in [2.45, 2.75) is 39.2 Å². The summed E-state index contributed by atoms with van der Waals surface area (Å²) in [6.45, 7) is 8.49. The Kier molecular flexibility index (Phi) is 3.95. The number of nitrogens with zero attached hydrogens (tertiary/aromatic N) is 1. The summed E-state index contributed by atoms with van der Waals surface area (Å²) in [5, 5.41) is 21.2. The Bertz CT molecular complexity index is 519. The van der Waals surface area contributed by atoms with Crippen LogP contribution in [0.5, 0.6) is 0 Å². The third-order valence-corrected chi connectivity index (χ3v) is 4.25. The minimum Gasteiger partial charge on any atom is -0.388 e. The van der Waals surface area contributed by atoms with Crippen LogP contribution in [0.25, 0.3) is 0 Å². The van der Waals surface area contributed by atoms with Gasteiger partial charge in [0.25, 0.3) is 5.69 Å². The molecule has 0 bridgehead atoms. The van der Waals surface area contributed by atoms with Crippen molar-refractivity contribution < 1.29 is 10.0 Å². The summed E-state index contributed by atoms with van der Waals surface area (Å²) < 4.78 is 0. The predicted molar refractivity (Wildman–Crippen MR) is 78.3 cm³/mol. The molecule has 0 aliphatic heterocycles. The fourth-order valence-corrected chi connectivity index (χ4v) is 2.89. The number of aliphatic hydroxyl groups excluding tert-OH is 1. The molecule has 1 aliphatic carbocycles. The average molecular weight is 275 g/mol. The Labute approximate surface area is 119 Å². The van der Waals surface area contributed by atoms with Crippen LogP contribution in [0, 0.1) is 21.4 Å². The quantitative estimate of drug-likeness (QED) is 0.515. The van der Waals surface area contributed by atoms with Gasteiger partial charge in [0.15, 0.2) is 0 Å². The summed E-state index contributed by atoms with van der Waals surface area (Å²) in [5.41, 5.74) is 2.05. The minimum absolute atomic E-state index is 0.0280. The van der Waals surface area contributed by atoms with E-state index in [1.807, 2.05) is 0 Å². The van der Waals surface area contributed by atoms with Gasteiger partial charge in [0.05, 0.1) is 11.0 Å². The molecule has 1 aromatic carbocycles. The normalized spacial score (nSPS) is 23.4. The molecule has 1 aromatic rings. The van der Waals surface area contributed by atoms with E-state index < -0.39 is 11.0 Å². The van der Waals surface area contributed by atoms with Crippen LogP contribution in [-0.4, -0.2) is 10.0 Å². The van der Waals surface area contributed by atoms with Gasteiger partial charge in [-0.2, -0.15) is 0 Å². The highest BCUT2D eigenvalue weighted by atomic mass is 16.6. The van der Waals surface area contributed by atoms with E-state index in [9.17, 15) is 15.2 Å². The molecular weight excluding hydrogens is 254 g/mol. The number of non-ortho nitro benzene ring substituents is 1. The molecule has 0 unspecified atom stereocenters. The third-order valence-electron chi connectivity index (χ3n) is 4.25. The van der Waals surface area contributed by atoms with Gasteiger partial charge in [0, 0.05) is 18.1 Å². The molecule has 4 nitrogen and oxygen atoms in total. The molecule has 0 radical (unpaired) electrons. The zero-order valence-corrected chi connectivity index (χ0v) is 12.0. The van der Waals surface area contributed by atoms with E-state index in [-0.39, 0.29) is 17.0 Å². The molecule has 4 heteroatoms. The lowest BCUT2D eigenvalue weighted by Crippen LogP contribution is -2.28. The molecule has 0 spiro atoms. The largest absolute Gasteiger partial charge is 0.388 e. The Hall–Kier alpha value is -1.68. The lowest BCUT2D eigenvalue weighted by atomic mass is 9.68. The van der Waals surface area contributed by atoms with Crippen molar-refractivity contribution in [3.05, 3.63) is 52.1 Å². The summed E-state index contributed by atoms with van der Waals surface area (Å²) in [6, 6.07) is 6.15. The second kappa shape index (κ2) is 5.37. The van der Waals surface area contributed by atoms with Gasteiger partial charge in [0.2, 0.25) is 0 Å². The molecule has 0 aromatic heterocycles. The second-order valence-corrected chi connectivity index (χ2v) is 6.43. The standard InChI is InChI=1S/C16H21NO3/c1-11-8-9-16(2,3)10-14(11)15(18)12-4-6-13(7-5-12)17(19)20/h4-7,14-15,18H,1,8-10H2,2-3H3/t14-,15+/m0/s1. The van der Waals surface area contributed by atoms with Crippen LogP contribution in [-0.2, 0) is 0 Å². The fraction of sp³-hybridized carbons (Fsp3) is 0.500. The van der Waals surface area contributed by atoms with E-state index >= 15 is 0 Å². The van der Waals surface area contributed by atoms with Gasteiger partial charge >= 0.3 is 0 Å². The summed E-state index contributed by atoms with van der Waals surface area (Å²) >= 11 is 0. The monoisotopic (exact) mass is 275 g/mol. The number of aliphatic hydroxyl groups is 1. The summed E-state index contributed by atoms with van der Waals surface area (Å²) in [4.78, 5) is 10.2. The van der Waals surface area contributed by atoms with E-state index in [1.165, 1.54) is 12.1 Å². The predicted octanol–water partition coefficient (Wildman–Crippen LogP) is 4.01. The van der Waals surface area contributed by atoms with Crippen LogP contribution in [0.4, 0.5) is 5.69 Å². The number of rotatable bonds is 3. The first-order chi connectivity index (χ1) is 9.30. The lowest BCUT2D eigenvalue weighted by molar-refractivity contribution is -0.384. The van der Waals surface area contributed by atoms with Gasteiger partial charge in [-0.15, -0.1) is 0 Å². The van der Waals surface area contributed by atoms with Crippen molar-refractivity contribution in [3.8, 4) is 0 Å². The van der Waals surface area contributed by atoms with Gasteiger partial charge in [-0.1, -0.05) is 26.0 Å². The van der Waals surface area contributed by atoms with Crippen LogP contribution in [0.1, 0.15) is 44.8 Å². The van der Waals surface area contributed by atoms with Crippen molar-refractivity contribution in [1.29, 1.82) is 0 Å². The van der Waals surface area contributed by atoms with E-state index in [2.05, 4.69) is 20.4 Å². The molecule has 1 saturated carbocycles. The maximum Gasteiger partial charge on any atom is 0.269 e. The van der Waals surface area contributed by atoms with E-state index in [0.717, 1.165) is 30.4 Å². The van der Waals surface area contributed by atoms with E-state index in [1.54, 1.807) is 12.1 Å². The van der Waals surface area contributed by atoms with Crippen molar-refractivity contribution >= 4 is 5.69 Å². The molecule has 108 valence electrons. The average Bonchev–Trinajstić information content (AvgIpc) is 2.41. The zero-order chi connectivity index (χ0) is 14.9. The first-order valence-electron chi connectivity index (χ1n) is 6.90. The molecule has 0 heterocycles. The fourth-order valence-electron chi connectivity index (χ4n) is 2.89. The van der Waals surface area contributed by atoms with Crippen molar-refractivity contribution in [2.75, 3.05) is 0 Å². The highest BCUT2D eigenvalue weighted by Gasteiger charge is 2.34. The number of hydrogen-bond donors (Lipinski definition) is 1. The van der Waals surface area contributed by atoms with Crippen LogP contribution in [0.2, 0.25) is 0 Å². The first kappa shape index (κ1) is 14.7. The molecule has 0 saturated heterocycles. The smallest absolute Gasteiger partial charge is 0.269 e. The Morgan fingerprint density at radius 2 is 2.00 bits per heavy atom. The summed E-state index contributed by atoms with van der Waals surface area (Å²) in [7, 11) is 0. The molecule has 1 N–H and O–H groups in total. The lowest BCUT2D eigenvalue weighted by Gasteiger charge is -2.39. The molecule has 0 amide bonds. The zero-order valence-electron chi connectivity index (χ0n) is 12.0. The van der Waals surface area contributed by atoms with Gasteiger partial charge < -0.3 is 5.11 Å². The molecule has 1 fully saturated rings. The summed E-state index contributed by atoms with van der Waals surface area (Å²) in [6.07, 6.45) is 2.28. The van der Waals surface area contributed by atoms with Crippen molar-refractivity contribution in [2.24, 2.45) is 11.3 Å². The van der Waals surface area contributed by atoms with Crippen molar-refractivity contribution in [1.82, 2.24) is 0 Å². The third kappa shape index (κ3) is 3.07. The molecule has 2 atom stereocenters. The van der Waals surface area contributed by atoms with E-state index in [4.69, 9.17) is 0 Å². The van der Waals surface area contributed by atoms with Crippen molar-refractivity contribution in [3.63, 3.8) is 0 Å². The second-order valence-electron chi connectivity index (χ2n) is 6.43. The topological polar surface area (TPSA) is 63.4 Å². The molecular formula is C16H21NO3. The van der Waals surface area contributed by atoms with Crippen LogP contribution in [0.3, 0.4) is 0 Å². The Morgan fingerprint density at radius 3 is 2.55 bits per heavy atom. The van der Waals surface area contributed by atoms with Gasteiger partial charge in [0.1, 0.15) is 0 Å². The maximum absolute atomic E-state index is 10.6. The molecule has 1 aliphatic rings. The van der Waals surface area contributed by atoms with Gasteiger partial charge in [-0.05, 0) is 42.4 Å². The number of benzene rings is 1. The van der Waals surface area contributed by atoms with E-state index in [0.29, 0.717) is 0 Å². The number of nitro benzene ring substituents is 1. The van der Waals surface area contributed by atoms with Crippen LogP contribution in [0.15, 0.2) is 36.4 Å². The van der Waals surface area contributed by atoms with Crippen LogP contribution >= 0.6 is 0 Å². The maximum atomic E-state index is 10.6. The SMILES string of the molecule is C=C1CCC(C)(C)C[C@@H]1[C@H](O)c1ccc([N+](=O)[O-])cc1. The van der Waals surface area contributed by atoms with Gasteiger partial charge in [-0.25, -0.2) is 0 Å². The highest BCUT2D eigenvalue weighted by Crippen LogP contribution is 2.45. The number of nitro groups is 1. The van der Waals surface area contributed by atoms with Crippen LogP contribution < -0.4 is 0 Å². The first-order valence-corrected chi connectivity index (χ1v) is 6.90. The highest BCUT2D eigenvalue weighted by molar-refractivity contribution is 5.34. The Balaban J connectivity index is 2.19.